The van der Waals surface area contributed by atoms with Gasteiger partial charge in [-0.2, -0.15) is 11.8 Å². The van der Waals surface area contributed by atoms with Crippen molar-refractivity contribution >= 4 is 23.4 Å². The lowest BCUT2D eigenvalue weighted by atomic mass is 10.2. The zero-order valence-corrected chi connectivity index (χ0v) is 11.1. The van der Waals surface area contributed by atoms with Crippen LogP contribution in [0.5, 0.6) is 0 Å². The van der Waals surface area contributed by atoms with Gasteiger partial charge >= 0.3 is 0 Å². The fourth-order valence-corrected chi connectivity index (χ4v) is 3.37. The molecule has 0 amide bonds. The van der Waals surface area contributed by atoms with Gasteiger partial charge in [0.25, 0.3) is 0 Å². The maximum absolute atomic E-state index is 5.88. The van der Waals surface area contributed by atoms with Crippen LogP contribution in [0.3, 0.4) is 0 Å². The molecule has 0 aromatic carbocycles. The van der Waals surface area contributed by atoms with Crippen molar-refractivity contribution in [3.05, 3.63) is 29.0 Å². The van der Waals surface area contributed by atoms with E-state index in [4.69, 9.17) is 11.6 Å². The molecule has 1 saturated heterocycles. The Bertz CT molecular complexity index is 346. The summed E-state index contributed by atoms with van der Waals surface area (Å²) in [5.41, 5.74) is 1.08. The zero-order valence-electron chi connectivity index (χ0n) is 9.53. The van der Waals surface area contributed by atoms with E-state index in [2.05, 4.69) is 34.6 Å². The predicted molar refractivity (Wildman–Crippen MR) is 71.1 cm³/mol. The fourth-order valence-electron chi connectivity index (χ4n) is 1.94. The summed E-state index contributed by atoms with van der Waals surface area (Å²) in [7, 11) is 0. The molecule has 1 atom stereocenters. The molecule has 0 aliphatic carbocycles. The highest BCUT2D eigenvalue weighted by Gasteiger charge is 2.19. The molecule has 4 heteroatoms. The Morgan fingerprint density at radius 3 is 3.19 bits per heavy atom. The minimum atomic E-state index is 0.593. The summed E-state index contributed by atoms with van der Waals surface area (Å²) in [5.74, 6) is 1.24. The van der Waals surface area contributed by atoms with Crippen LogP contribution in [0.25, 0.3) is 0 Å². The van der Waals surface area contributed by atoms with Crippen molar-refractivity contribution in [1.29, 1.82) is 0 Å². The molecule has 1 aliphatic heterocycles. The van der Waals surface area contributed by atoms with E-state index in [1.54, 1.807) is 0 Å². The molecule has 16 heavy (non-hydrogen) atoms. The first kappa shape index (κ1) is 12.2. The first-order valence-electron chi connectivity index (χ1n) is 5.73. The molecule has 2 nitrogen and oxygen atoms in total. The van der Waals surface area contributed by atoms with Crippen LogP contribution in [0.15, 0.2) is 18.2 Å². The van der Waals surface area contributed by atoms with Crippen LogP contribution in [-0.2, 0) is 6.54 Å². The van der Waals surface area contributed by atoms with Crippen LogP contribution < -0.4 is 0 Å². The van der Waals surface area contributed by atoms with E-state index < -0.39 is 0 Å². The number of nitrogens with zero attached hydrogens (tertiary/aromatic N) is 2. The molecular weight excluding hydrogens is 240 g/mol. The van der Waals surface area contributed by atoms with Crippen molar-refractivity contribution in [3.8, 4) is 0 Å². The fraction of sp³-hybridized carbons (Fsp3) is 0.583. The van der Waals surface area contributed by atoms with Gasteiger partial charge in [0.2, 0.25) is 0 Å². The van der Waals surface area contributed by atoms with E-state index in [1.165, 1.54) is 18.7 Å². The van der Waals surface area contributed by atoms with E-state index in [9.17, 15) is 0 Å². The molecule has 0 radical (unpaired) electrons. The maximum atomic E-state index is 5.88. The number of thioether (sulfide) groups is 1. The first-order valence-corrected chi connectivity index (χ1v) is 7.16. The average Bonchev–Trinajstić information content (AvgIpc) is 2.29. The zero-order chi connectivity index (χ0) is 11.4. The molecule has 1 fully saturated rings. The molecule has 0 bridgehead atoms. The minimum Gasteiger partial charge on any atom is -0.296 e. The van der Waals surface area contributed by atoms with Gasteiger partial charge in [0.15, 0.2) is 0 Å². The largest absolute Gasteiger partial charge is 0.296 e. The van der Waals surface area contributed by atoms with Crippen LogP contribution >= 0.6 is 23.4 Å². The lowest BCUT2D eigenvalue weighted by Gasteiger charge is -2.31. The predicted octanol–water partition coefficient (Wildman–Crippen LogP) is 3.06. The van der Waals surface area contributed by atoms with Crippen LogP contribution in [0.1, 0.15) is 19.0 Å². The highest BCUT2D eigenvalue weighted by atomic mass is 35.5. The molecule has 1 aromatic rings. The van der Waals surface area contributed by atoms with Crippen molar-refractivity contribution in [2.75, 3.05) is 18.8 Å². The van der Waals surface area contributed by atoms with Gasteiger partial charge in [-0.3, -0.25) is 4.90 Å². The molecule has 1 aromatic heterocycles. The molecule has 0 N–H and O–H groups in total. The Labute approximate surface area is 106 Å². The highest BCUT2D eigenvalue weighted by Crippen LogP contribution is 2.22. The van der Waals surface area contributed by atoms with E-state index in [1.807, 2.05) is 12.1 Å². The van der Waals surface area contributed by atoms with Crippen molar-refractivity contribution in [1.82, 2.24) is 9.88 Å². The highest BCUT2D eigenvalue weighted by molar-refractivity contribution is 8.00. The Morgan fingerprint density at radius 2 is 2.44 bits per heavy atom. The topological polar surface area (TPSA) is 16.1 Å². The molecular formula is C12H17ClN2S. The summed E-state index contributed by atoms with van der Waals surface area (Å²) in [4.78, 5) is 6.81. The Hall–Kier alpha value is -0.250. The molecule has 2 rings (SSSR count). The van der Waals surface area contributed by atoms with Crippen molar-refractivity contribution < 1.29 is 0 Å². The number of rotatable bonds is 3. The van der Waals surface area contributed by atoms with Crippen LogP contribution in [0.2, 0.25) is 5.15 Å². The summed E-state index contributed by atoms with van der Waals surface area (Å²) in [5, 5.41) is 1.38. The maximum Gasteiger partial charge on any atom is 0.129 e. The molecule has 1 unspecified atom stereocenters. The van der Waals surface area contributed by atoms with E-state index >= 15 is 0 Å². The normalized spacial score (nSPS) is 22.2. The second-order valence-electron chi connectivity index (χ2n) is 4.09. The monoisotopic (exact) mass is 256 g/mol. The molecule has 0 saturated carbocycles. The summed E-state index contributed by atoms with van der Waals surface area (Å²) in [6, 6.07) is 5.85. The van der Waals surface area contributed by atoms with E-state index in [-0.39, 0.29) is 0 Å². The first-order chi connectivity index (χ1) is 7.78. The van der Waals surface area contributed by atoms with Gasteiger partial charge in [-0.05, 0) is 18.6 Å². The molecule has 0 spiro atoms. The second-order valence-corrected chi connectivity index (χ2v) is 5.88. The van der Waals surface area contributed by atoms with Gasteiger partial charge in [-0.25, -0.2) is 4.98 Å². The third-order valence-electron chi connectivity index (χ3n) is 2.84. The lowest BCUT2D eigenvalue weighted by Crippen LogP contribution is -2.37. The number of hydrogen-bond acceptors (Lipinski definition) is 3. The van der Waals surface area contributed by atoms with Gasteiger partial charge in [0.1, 0.15) is 5.15 Å². The van der Waals surface area contributed by atoms with E-state index in [0.29, 0.717) is 5.15 Å². The summed E-state index contributed by atoms with van der Waals surface area (Å²) in [6.45, 7) is 5.53. The second kappa shape index (κ2) is 5.89. The van der Waals surface area contributed by atoms with Crippen molar-refractivity contribution in [2.45, 2.75) is 25.1 Å². The van der Waals surface area contributed by atoms with Gasteiger partial charge in [-0.15, -0.1) is 0 Å². The summed E-state index contributed by atoms with van der Waals surface area (Å²) >= 11 is 7.98. The smallest absolute Gasteiger partial charge is 0.129 e. The number of aromatic nitrogens is 1. The number of hydrogen-bond donors (Lipinski definition) is 0. The SMILES string of the molecule is CCC1CN(Cc2cccc(Cl)n2)CCS1. The summed E-state index contributed by atoms with van der Waals surface area (Å²) in [6.07, 6.45) is 1.25. The Balaban J connectivity index is 1.94. The number of pyridine rings is 1. The van der Waals surface area contributed by atoms with Gasteiger partial charge in [0, 0.05) is 30.6 Å². The lowest BCUT2D eigenvalue weighted by molar-refractivity contribution is 0.270. The van der Waals surface area contributed by atoms with Crippen molar-refractivity contribution in [3.63, 3.8) is 0 Å². The van der Waals surface area contributed by atoms with Crippen LogP contribution in [0, 0.1) is 0 Å². The van der Waals surface area contributed by atoms with Gasteiger partial charge in [-0.1, -0.05) is 24.6 Å². The molecule has 88 valence electrons. The molecule has 2 heterocycles. The third kappa shape index (κ3) is 3.37. The minimum absolute atomic E-state index is 0.593. The van der Waals surface area contributed by atoms with Crippen LogP contribution in [0.4, 0.5) is 0 Å². The van der Waals surface area contributed by atoms with Crippen LogP contribution in [-0.4, -0.2) is 34.0 Å². The summed E-state index contributed by atoms with van der Waals surface area (Å²) < 4.78 is 0. The standard InChI is InChI=1S/C12H17ClN2S/c1-2-11-9-15(6-7-16-11)8-10-4-3-5-12(13)14-10/h3-5,11H,2,6-9H2,1H3. The quantitative estimate of drug-likeness (QED) is 0.774. The van der Waals surface area contributed by atoms with Gasteiger partial charge < -0.3 is 0 Å². The van der Waals surface area contributed by atoms with E-state index in [0.717, 1.165) is 24.0 Å². The number of halogens is 1. The molecule has 1 aliphatic rings. The average molecular weight is 257 g/mol. The Morgan fingerprint density at radius 1 is 1.56 bits per heavy atom. The Kier molecular flexibility index (Phi) is 4.50. The third-order valence-corrected chi connectivity index (χ3v) is 4.42. The van der Waals surface area contributed by atoms with Crippen molar-refractivity contribution in [2.24, 2.45) is 0 Å². The van der Waals surface area contributed by atoms with Gasteiger partial charge in [0.05, 0.1) is 5.69 Å².